The molecule has 2 unspecified atom stereocenters. The minimum atomic E-state index is 0.427. The number of aromatic nitrogens is 1. The van der Waals surface area contributed by atoms with Crippen molar-refractivity contribution < 1.29 is 0 Å². The van der Waals surface area contributed by atoms with Gasteiger partial charge >= 0.3 is 0 Å². The molecule has 0 aliphatic heterocycles. The van der Waals surface area contributed by atoms with Crippen molar-refractivity contribution >= 4 is 5.57 Å². The highest BCUT2D eigenvalue weighted by atomic mass is 14.7. The van der Waals surface area contributed by atoms with Gasteiger partial charge in [-0.15, -0.1) is 6.42 Å². The van der Waals surface area contributed by atoms with Crippen LogP contribution >= 0.6 is 0 Å². The lowest BCUT2D eigenvalue weighted by atomic mass is 9.69. The van der Waals surface area contributed by atoms with E-state index >= 15 is 0 Å². The summed E-state index contributed by atoms with van der Waals surface area (Å²) in [5, 5.41) is 0. The lowest BCUT2D eigenvalue weighted by Crippen LogP contribution is -2.23. The normalized spacial score (nSPS) is 21.2. The van der Waals surface area contributed by atoms with Gasteiger partial charge < -0.3 is 0 Å². The largest absolute Gasteiger partial charge is 0.260 e. The van der Waals surface area contributed by atoms with E-state index in [1.807, 2.05) is 12.3 Å². The minimum absolute atomic E-state index is 0.427. The second-order valence-corrected chi connectivity index (χ2v) is 11.6. The molecule has 0 radical (unpaired) electrons. The number of nitrogens with zero attached hydrogens (tertiary/aromatic N) is 1. The smallest absolute Gasteiger partial charge is 0.0427 e. The number of allylic oxidation sites excluding steroid dienone is 5. The number of pyridine rings is 1. The van der Waals surface area contributed by atoms with Crippen LogP contribution < -0.4 is 0 Å². The Labute approximate surface area is 235 Å². The first-order valence-corrected chi connectivity index (χ1v) is 14.7. The molecule has 3 aromatic rings. The first-order chi connectivity index (χ1) is 19.1. The van der Waals surface area contributed by atoms with Gasteiger partial charge in [-0.1, -0.05) is 97.8 Å². The maximum atomic E-state index is 5.50. The molecule has 0 saturated heterocycles. The van der Waals surface area contributed by atoms with Crippen LogP contribution in [0.1, 0.15) is 79.3 Å². The SMILES string of the molecule is C#Cc1ccc(CC2CCC(C(C(=C)CCCc3ccccc3)c3ccc(C4=CC(C)C=C4)cc3)CC2)nc1. The monoisotopic (exact) mass is 511 g/mol. The highest BCUT2D eigenvalue weighted by Crippen LogP contribution is 2.44. The van der Waals surface area contributed by atoms with E-state index in [2.05, 4.69) is 96.7 Å². The predicted octanol–water partition coefficient (Wildman–Crippen LogP) is 9.36. The molecule has 2 atom stereocenters. The van der Waals surface area contributed by atoms with Crippen molar-refractivity contribution in [3.63, 3.8) is 0 Å². The van der Waals surface area contributed by atoms with Gasteiger partial charge in [0.1, 0.15) is 0 Å². The fourth-order valence-electron chi connectivity index (χ4n) is 6.54. The summed E-state index contributed by atoms with van der Waals surface area (Å²) in [4.78, 5) is 4.61. The Morgan fingerprint density at radius 3 is 2.41 bits per heavy atom. The molecule has 1 heteroatoms. The average Bonchev–Trinajstić information content (AvgIpc) is 3.41. The van der Waals surface area contributed by atoms with Crippen molar-refractivity contribution in [1.82, 2.24) is 4.98 Å². The number of terminal acetylenes is 1. The van der Waals surface area contributed by atoms with E-state index in [1.165, 1.54) is 59.2 Å². The van der Waals surface area contributed by atoms with E-state index in [-0.39, 0.29) is 0 Å². The number of aryl methyl sites for hydroxylation is 1. The first-order valence-electron chi connectivity index (χ1n) is 14.7. The number of hydrogen-bond acceptors (Lipinski definition) is 1. The summed E-state index contributed by atoms with van der Waals surface area (Å²) in [6, 6.07) is 24.4. The van der Waals surface area contributed by atoms with Crippen LogP contribution in [0.3, 0.4) is 0 Å². The molecule has 5 rings (SSSR count). The topological polar surface area (TPSA) is 12.9 Å². The van der Waals surface area contributed by atoms with Gasteiger partial charge in [-0.25, -0.2) is 0 Å². The summed E-state index contributed by atoms with van der Waals surface area (Å²) in [5.41, 5.74) is 8.95. The van der Waals surface area contributed by atoms with E-state index in [9.17, 15) is 0 Å². The standard InChI is InChI=1S/C38H41N/c1-4-30-16-24-37(39-27-30)26-32-14-18-34(19-15-32)38(29(3)9-8-12-31-10-6-5-7-11-31)35-22-20-33(21-23-35)36-17-13-28(2)25-36/h1,5-7,10-11,13,16-17,20-25,27-28,32,34,38H,3,8-9,12,14-15,18-19,26H2,2H3. The van der Waals surface area contributed by atoms with Crippen LogP contribution in [0.2, 0.25) is 0 Å². The van der Waals surface area contributed by atoms with E-state index in [0.29, 0.717) is 23.7 Å². The molecule has 2 aliphatic rings. The summed E-state index contributed by atoms with van der Waals surface area (Å²) in [7, 11) is 0. The number of rotatable bonds is 10. The van der Waals surface area contributed by atoms with Crippen LogP contribution in [0.4, 0.5) is 0 Å². The van der Waals surface area contributed by atoms with Crippen LogP contribution in [0.15, 0.2) is 103 Å². The second kappa shape index (κ2) is 12.9. The average molecular weight is 512 g/mol. The van der Waals surface area contributed by atoms with Crippen molar-refractivity contribution in [2.75, 3.05) is 0 Å². The minimum Gasteiger partial charge on any atom is -0.260 e. The Bertz CT molecular complexity index is 1330. The molecule has 0 amide bonds. The fourth-order valence-corrected chi connectivity index (χ4v) is 6.54. The molecule has 0 spiro atoms. The Kier molecular flexibility index (Phi) is 8.95. The van der Waals surface area contributed by atoms with Crippen molar-refractivity contribution in [3.05, 3.63) is 131 Å². The molecule has 0 N–H and O–H groups in total. The van der Waals surface area contributed by atoms with E-state index in [0.717, 1.165) is 31.2 Å². The van der Waals surface area contributed by atoms with Crippen molar-refractivity contribution in [2.45, 2.75) is 64.2 Å². The van der Waals surface area contributed by atoms with Gasteiger partial charge in [-0.2, -0.15) is 0 Å². The Morgan fingerprint density at radius 1 is 1.00 bits per heavy atom. The van der Waals surface area contributed by atoms with Gasteiger partial charge in [0.15, 0.2) is 0 Å². The molecule has 1 aromatic heterocycles. The summed E-state index contributed by atoms with van der Waals surface area (Å²) in [6.07, 6.45) is 23.6. The van der Waals surface area contributed by atoms with Gasteiger partial charge in [0.2, 0.25) is 0 Å². The summed E-state index contributed by atoms with van der Waals surface area (Å²) < 4.78 is 0. The number of benzene rings is 2. The predicted molar refractivity (Wildman–Crippen MR) is 165 cm³/mol. The molecule has 198 valence electrons. The first kappa shape index (κ1) is 27.0. The highest BCUT2D eigenvalue weighted by Gasteiger charge is 2.30. The molecule has 39 heavy (non-hydrogen) atoms. The Balaban J connectivity index is 1.26. The van der Waals surface area contributed by atoms with Crippen LogP contribution in [-0.2, 0) is 12.8 Å². The van der Waals surface area contributed by atoms with E-state index in [1.54, 1.807) is 0 Å². The zero-order chi connectivity index (χ0) is 27.0. The highest BCUT2D eigenvalue weighted by molar-refractivity contribution is 5.76. The van der Waals surface area contributed by atoms with Gasteiger partial charge in [-0.05, 0) is 104 Å². The van der Waals surface area contributed by atoms with Gasteiger partial charge in [-0.3, -0.25) is 4.98 Å². The third-order valence-electron chi connectivity index (χ3n) is 8.72. The van der Waals surface area contributed by atoms with Crippen LogP contribution in [-0.4, -0.2) is 4.98 Å². The molecule has 1 saturated carbocycles. The summed E-state index contributed by atoms with van der Waals surface area (Å²) >= 11 is 0. The molecule has 1 nitrogen and oxygen atoms in total. The van der Waals surface area contributed by atoms with Crippen LogP contribution in [0, 0.1) is 30.1 Å². The molecule has 1 heterocycles. The van der Waals surface area contributed by atoms with Gasteiger partial charge in [0.25, 0.3) is 0 Å². The molecule has 2 aliphatic carbocycles. The van der Waals surface area contributed by atoms with Crippen LogP contribution in [0.5, 0.6) is 0 Å². The molecular formula is C38H41N. The van der Waals surface area contributed by atoms with Crippen LogP contribution in [0.25, 0.3) is 5.57 Å². The third kappa shape index (κ3) is 7.07. The lowest BCUT2D eigenvalue weighted by Gasteiger charge is -2.35. The molecule has 2 aromatic carbocycles. The Morgan fingerprint density at radius 2 is 1.77 bits per heavy atom. The zero-order valence-corrected chi connectivity index (χ0v) is 23.4. The Hall–Kier alpha value is -3.63. The van der Waals surface area contributed by atoms with Crippen molar-refractivity contribution in [1.29, 1.82) is 0 Å². The quantitative estimate of drug-likeness (QED) is 0.195. The maximum Gasteiger partial charge on any atom is 0.0427 e. The van der Waals surface area contributed by atoms with Gasteiger partial charge in [0.05, 0.1) is 0 Å². The third-order valence-corrected chi connectivity index (χ3v) is 8.72. The molecule has 1 fully saturated rings. The second-order valence-electron chi connectivity index (χ2n) is 11.6. The summed E-state index contributed by atoms with van der Waals surface area (Å²) in [5.74, 6) is 4.97. The number of hydrogen-bond donors (Lipinski definition) is 0. The maximum absolute atomic E-state index is 5.50. The molecular weight excluding hydrogens is 470 g/mol. The van der Waals surface area contributed by atoms with E-state index in [4.69, 9.17) is 13.0 Å². The lowest BCUT2D eigenvalue weighted by molar-refractivity contribution is 0.251. The zero-order valence-electron chi connectivity index (χ0n) is 23.4. The van der Waals surface area contributed by atoms with Crippen molar-refractivity contribution in [2.24, 2.45) is 17.8 Å². The van der Waals surface area contributed by atoms with E-state index < -0.39 is 0 Å². The summed E-state index contributed by atoms with van der Waals surface area (Å²) in [6.45, 7) is 6.94. The fraction of sp³-hybridized carbons (Fsp3) is 0.342. The van der Waals surface area contributed by atoms with Crippen molar-refractivity contribution in [3.8, 4) is 12.3 Å². The molecule has 0 bridgehead atoms. The van der Waals surface area contributed by atoms with Gasteiger partial charge in [0, 0.05) is 23.4 Å².